The lowest BCUT2D eigenvalue weighted by Crippen LogP contribution is -2.29. The fourth-order valence-electron chi connectivity index (χ4n) is 3.57. The normalized spacial score (nSPS) is 11.8. The van der Waals surface area contributed by atoms with Gasteiger partial charge in [-0.1, -0.05) is 60.4 Å². The van der Waals surface area contributed by atoms with E-state index in [9.17, 15) is 14.9 Å². The first-order valence-corrected chi connectivity index (χ1v) is 13.0. The Morgan fingerprint density at radius 1 is 1.16 bits per heavy atom. The number of nitro benzene ring substituents is 1. The Labute approximate surface area is 234 Å². The topological polar surface area (TPSA) is 99.6 Å². The molecule has 4 rings (SSSR count). The zero-order valence-corrected chi connectivity index (χ0v) is 24.0. The first kappa shape index (κ1) is 27.0. The van der Waals surface area contributed by atoms with Crippen LogP contribution >= 0.6 is 43.5 Å². The Hall–Kier alpha value is -3.08. The lowest BCUT2D eigenvalue weighted by Gasteiger charge is -2.20. The molecule has 1 aromatic heterocycles. The molecular weight excluding hydrogens is 628 g/mol. The summed E-state index contributed by atoms with van der Waals surface area (Å²) < 4.78 is 8.48. The van der Waals surface area contributed by atoms with Crippen molar-refractivity contribution in [1.29, 1.82) is 0 Å². The van der Waals surface area contributed by atoms with E-state index >= 15 is 0 Å². The summed E-state index contributed by atoms with van der Waals surface area (Å²) in [5.74, 6) is 0.903. The summed E-state index contributed by atoms with van der Waals surface area (Å²) in [5, 5.41) is 16.2. The lowest BCUT2D eigenvalue weighted by molar-refractivity contribution is -0.384. The van der Waals surface area contributed by atoms with E-state index in [1.807, 2.05) is 26.8 Å². The molecule has 190 valence electrons. The van der Waals surface area contributed by atoms with Crippen molar-refractivity contribution in [1.82, 2.24) is 9.66 Å². The molecule has 4 aromatic rings. The summed E-state index contributed by atoms with van der Waals surface area (Å²) in [6.07, 6.45) is 1.53. The van der Waals surface area contributed by atoms with E-state index in [1.165, 1.54) is 23.0 Å². The highest BCUT2D eigenvalue weighted by Crippen LogP contribution is 2.35. The highest BCUT2D eigenvalue weighted by atomic mass is 79.9. The summed E-state index contributed by atoms with van der Waals surface area (Å²) in [6, 6.07) is 15.0. The van der Waals surface area contributed by atoms with Crippen molar-refractivity contribution in [3.8, 4) is 5.75 Å². The molecule has 3 aromatic carbocycles. The molecule has 0 saturated heterocycles. The van der Waals surface area contributed by atoms with Gasteiger partial charge in [0.25, 0.3) is 11.2 Å². The number of hydrogen-bond donors (Lipinski definition) is 0. The minimum Gasteiger partial charge on any atom is -0.486 e. The number of nitro groups is 1. The maximum atomic E-state index is 13.3. The highest BCUT2D eigenvalue weighted by Gasteiger charge is 2.23. The van der Waals surface area contributed by atoms with E-state index in [1.54, 1.807) is 36.4 Å². The van der Waals surface area contributed by atoms with Gasteiger partial charge in [0.05, 0.1) is 31.5 Å². The highest BCUT2D eigenvalue weighted by molar-refractivity contribution is 9.10. The summed E-state index contributed by atoms with van der Waals surface area (Å²) in [6.45, 7) is 5.99. The van der Waals surface area contributed by atoms with E-state index in [0.717, 1.165) is 4.47 Å². The summed E-state index contributed by atoms with van der Waals surface area (Å²) in [7, 11) is 0. The molecule has 0 fully saturated rings. The van der Waals surface area contributed by atoms with Gasteiger partial charge in [0, 0.05) is 22.0 Å². The lowest BCUT2D eigenvalue weighted by atomic mass is 9.95. The second kappa shape index (κ2) is 10.7. The number of halogens is 3. The third-order valence-electron chi connectivity index (χ3n) is 5.33. The average molecular weight is 649 g/mol. The molecule has 11 heteroatoms. The Morgan fingerprint density at radius 2 is 1.92 bits per heavy atom. The molecule has 0 saturated carbocycles. The molecule has 0 aliphatic carbocycles. The van der Waals surface area contributed by atoms with Crippen LogP contribution in [0.3, 0.4) is 0 Å². The van der Waals surface area contributed by atoms with Gasteiger partial charge in [-0.05, 0) is 57.4 Å². The largest absolute Gasteiger partial charge is 0.486 e. The van der Waals surface area contributed by atoms with Crippen LogP contribution in [0.25, 0.3) is 10.9 Å². The fraction of sp³-hybridized carbons (Fsp3) is 0.192. The van der Waals surface area contributed by atoms with Crippen molar-refractivity contribution in [3.05, 3.63) is 106 Å². The van der Waals surface area contributed by atoms with Crippen LogP contribution in [0.2, 0.25) is 5.02 Å². The van der Waals surface area contributed by atoms with Crippen LogP contribution in [0, 0.1) is 10.1 Å². The monoisotopic (exact) mass is 646 g/mol. The van der Waals surface area contributed by atoms with Crippen LogP contribution in [-0.2, 0) is 12.0 Å². The van der Waals surface area contributed by atoms with Crippen LogP contribution in [-0.4, -0.2) is 20.8 Å². The predicted octanol–water partition coefficient (Wildman–Crippen LogP) is 7.24. The molecule has 0 bridgehead atoms. The number of non-ortho nitro benzene ring substituents is 1. The summed E-state index contributed by atoms with van der Waals surface area (Å²) in [5.41, 5.74) is 1.11. The Bertz CT molecular complexity index is 1590. The van der Waals surface area contributed by atoms with Crippen molar-refractivity contribution < 1.29 is 9.66 Å². The number of nitrogens with zero attached hydrogens (tertiary/aromatic N) is 4. The molecule has 0 aliphatic rings. The molecule has 0 radical (unpaired) electrons. The van der Waals surface area contributed by atoms with E-state index in [0.29, 0.717) is 43.1 Å². The summed E-state index contributed by atoms with van der Waals surface area (Å²) >= 11 is 13.4. The van der Waals surface area contributed by atoms with Gasteiger partial charge in [-0.3, -0.25) is 14.9 Å². The van der Waals surface area contributed by atoms with Crippen molar-refractivity contribution in [3.63, 3.8) is 0 Å². The van der Waals surface area contributed by atoms with Crippen molar-refractivity contribution in [2.75, 3.05) is 0 Å². The zero-order chi connectivity index (χ0) is 26.9. The number of hydrogen-bond acceptors (Lipinski definition) is 6. The molecular formula is C26H21Br2ClN4O4. The molecule has 37 heavy (non-hydrogen) atoms. The Morgan fingerprint density at radius 3 is 2.59 bits per heavy atom. The van der Waals surface area contributed by atoms with Crippen LogP contribution in [0.5, 0.6) is 5.75 Å². The van der Waals surface area contributed by atoms with Gasteiger partial charge in [-0.25, -0.2) is 4.98 Å². The quantitative estimate of drug-likeness (QED) is 0.125. The van der Waals surface area contributed by atoms with Gasteiger partial charge in [-0.2, -0.15) is 9.78 Å². The molecule has 8 nitrogen and oxygen atoms in total. The molecule has 0 atom stereocenters. The van der Waals surface area contributed by atoms with Gasteiger partial charge in [-0.15, -0.1) is 0 Å². The van der Waals surface area contributed by atoms with Crippen molar-refractivity contribution in [2.24, 2.45) is 5.10 Å². The number of aromatic nitrogens is 2. The van der Waals surface area contributed by atoms with Crippen LogP contribution < -0.4 is 10.3 Å². The minimum absolute atomic E-state index is 0.0155. The van der Waals surface area contributed by atoms with Gasteiger partial charge in [0.2, 0.25) is 0 Å². The third kappa shape index (κ3) is 6.08. The number of fused-ring (bicyclic) bond motifs is 1. The standard InChI is InChI=1S/C26H21Br2ClN4O4/c1-26(2,3)25-31-22-8-7-17(27)12-19(22)24(34)32(25)30-13-16-10-20(28)23(21(29)11-16)37-14-15-5-4-6-18(9-15)33(35)36/h4-13H,14H2,1-3H3. The van der Waals surface area contributed by atoms with E-state index in [-0.39, 0.29) is 17.9 Å². The van der Waals surface area contributed by atoms with E-state index in [2.05, 4.69) is 37.0 Å². The third-order valence-corrected chi connectivity index (χ3v) is 6.69. The Balaban J connectivity index is 1.66. The number of benzene rings is 3. The van der Waals surface area contributed by atoms with Crippen LogP contribution in [0.4, 0.5) is 5.69 Å². The zero-order valence-electron chi connectivity index (χ0n) is 20.0. The molecule has 1 heterocycles. The predicted molar refractivity (Wildman–Crippen MR) is 152 cm³/mol. The minimum atomic E-state index is -0.458. The number of rotatable bonds is 6. The van der Waals surface area contributed by atoms with Crippen molar-refractivity contribution >= 4 is 66.3 Å². The van der Waals surface area contributed by atoms with E-state index in [4.69, 9.17) is 21.3 Å². The smallest absolute Gasteiger partial charge is 0.282 e. The van der Waals surface area contributed by atoms with Gasteiger partial charge < -0.3 is 4.74 Å². The fourth-order valence-corrected chi connectivity index (χ4v) is 4.92. The second-order valence-corrected chi connectivity index (χ2v) is 11.4. The number of ether oxygens (including phenoxy) is 1. The maximum Gasteiger partial charge on any atom is 0.282 e. The molecule has 0 amide bonds. The van der Waals surface area contributed by atoms with Gasteiger partial charge in [0.1, 0.15) is 12.4 Å². The average Bonchev–Trinajstić information content (AvgIpc) is 2.82. The molecule has 0 unspecified atom stereocenters. The van der Waals surface area contributed by atoms with Gasteiger partial charge in [0.15, 0.2) is 5.75 Å². The molecule has 0 spiro atoms. The first-order valence-electron chi connectivity index (χ1n) is 11.1. The van der Waals surface area contributed by atoms with E-state index < -0.39 is 10.3 Å². The van der Waals surface area contributed by atoms with Gasteiger partial charge >= 0.3 is 0 Å². The molecule has 0 N–H and O–H groups in total. The SMILES string of the molecule is CC(C)(C)c1nc2ccc(Br)cc2c(=O)n1N=Cc1cc(Cl)c(OCc2cccc([N+](=O)[O-])c2)c(Br)c1. The van der Waals surface area contributed by atoms with Crippen LogP contribution in [0.15, 0.2) is 73.4 Å². The second-order valence-electron chi connectivity index (χ2n) is 9.24. The Kier molecular flexibility index (Phi) is 7.82. The first-order chi connectivity index (χ1) is 17.4. The maximum absolute atomic E-state index is 13.3. The van der Waals surface area contributed by atoms with Crippen molar-refractivity contribution in [2.45, 2.75) is 32.8 Å². The van der Waals surface area contributed by atoms with Crippen LogP contribution in [0.1, 0.15) is 37.7 Å². The summed E-state index contributed by atoms with van der Waals surface area (Å²) in [4.78, 5) is 28.6. The molecule has 0 aliphatic heterocycles.